The van der Waals surface area contributed by atoms with Crippen LogP contribution in [0.1, 0.15) is 52.9 Å². The van der Waals surface area contributed by atoms with E-state index in [2.05, 4.69) is 49.4 Å². The number of hydrogen-bond acceptors (Lipinski definition) is 9. The van der Waals surface area contributed by atoms with Crippen molar-refractivity contribution in [1.82, 2.24) is 20.2 Å². The van der Waals surface area contributed by atoms with Gasteiger partial charge in [-0.2, -0.15) is 10.1 Å². The number of aromatic amines is 1. The number of nitrogens with zero attached hydrogens (tertiary/aromatic N) is 5. The van der Waals surface area contributed by atoms with Crippen LogP contribution in [0.3, 0.4) is 0 Å². The second kappa shape index (κ2) is 10.3. The van der Waals surface area contributed by atoms with Crippen molar-refractivity contribution in [3.63, 3.8) is 0 Å². The molecule has 4 heterocycles. The Kier molecular flexibility index (Phi) is 7.04. The first-order valence-corrected chi connectivity index (χ1v) is 13.3. The van der Waals surface area contributed by atoms with Crippen molar-refractivity contribution in [3.8, 4) is 0 Å². The Bertz CT molecular complexity index is 1280. The van der Waals surface area contributed by atoms with E-state index in [1.807, 2.05) is 12.1 Å². The molecule has 10 heteroatoms. The molecule has 2 aromatic heterocycles. The molecule has 1 aromatic carbocycles. The van der Waals surface area contributed by atoms with E-state index in [-0.39, 0.29) is 11.5 Å². The van der Waals surface area contributed by atoms with Crippen molar-refractivity contribution in [2.75, 3.05) is 34.8 Å². The summed E-state index contributed by atoms with van der Waals surface area (Å²) in [5.41, 5.74) is 1.02. The number of rotatable bonds is 6. The number of aliphatic hydroxyl groups excluding tert-OH is 1. The van der Waals surface area contributed by atoms with Crippen LogP contribution in [0.2, 0.25) is 0 Å². The molecule has 2 unspecified atom stereocenters. The summed E-state index contributed by atoms with van der Waals surface area (Å²) in [6, 6.07) is 8.41. The lowest BCUT2D eigenvalue weighted by atomic mass is 9.83. The molecular weight excluding hydrogens is 470 g/mol. The maximum atomic E-state index is 12.6. The summed E-state index contributed by atoms with van der Waals surface area (Å²) in [5.74, 6) is 1.17. The van der Waals surface area contributed by atoms with Crippen molar-refractivity contribution in [2.24, 2.45) is 5.92 Å². The normalized spacial score (nSPS) is 20.3. The fourth-order valence-electron chi connectivity index (χ4n) is 5.55. The van der Waals surface area contributed by atoms with Crippen LogP contribution in [0.4, 0.5) is 23.1 Å². The average molecular weight is 508 g/mol. The SMILES string of the molecule is CC1CCCCN1c1nc(Nc2ccc(N3CCC(C(O)C(C)(C)O)CC3)cc2)c2c(=O)[nH]ncc2n1. The minimum Gasteiger partial charge on any atom is -0.390 e. The second-order valence-electron chi connectivity index (χ2n) is 11.0. The number of benzene rings is 1. The maximum absolute atomic E-state index is 12.6. The molecule has 5 rings (SSSR count). The van der Waals surface area contributed by atoms with E-state index in [4.69, 9.17) is 4.98 Å². The molecule has 3 aromatic rings. The molecule has 10 nitrogen and oxygen atoms in total. The monoisotopic (exact) mass is 507 g/mol. The van der Waals surface area contributed by atoms with Crippen LogP contribution < -0.4 is 20.7 Å². The Morgan fingerprint density at radius 3 is 2.49 bits per heavy atom. The molecule has 0 saturated carbocycles. The third-order valence-corrected chi connectivity index (χ3v) is 7.77. The average Bonchev–Trinajstić information content (AvgIpc) is 2.88. The van der Waals surface area contributed by atoms with E-state index in [0.717, 1.165) is 56.7 Å². The van der Waals surface area contributed by atoms with Crippen LogP contribution in [-0.2, 0) is 0 Å². The fraction of sp³-hybridized carbons (Fsp3) is 0.556. The van der Waals surface area contributed by atoms with E-state index < -0.39 is 11.7 Å². The zero-order chi connectivity index (χ0) is 26.2. The molecule has 0 aliphatic carbocycles. The van der Waals surface area contributed by atoms with Crippen LogP contribution in [-0.4, -0.2) is 67.8 Å². The zero-order valence-electron chi connectivity index (χ0n) is 21.8. The number of anilines is 4. The van der Waals surface area contributed by atoms with Gasteiger partial charge in [0.25, 0.3) is 5.56 Å². The first kappa shape index (κ1) is 25.4. The van der Waals surface area contributed by atoms with Gasteiger partial charge in [-0.3, -0.25) is 4.79 Å². The van der Waals surface area contributed by atoms with Gasteiger partial charge in [0.05, 0.1) is 17.9 Å². The van der Waals surface area contributed by atoms with Gasteiger partial charge in [0.15, 0.2) is 0 Å². The number of fused-ring (bicyclic) bond motifs is 1. The number of nitrogens with one attached hydrogen (secondary N) is 2. The summed E-state index contributed by atoms with van der Waals surface area (Å²) >= 11 is 0. The molecule has 2 atom stereocenters. The van der Waals surface area contributed by atoms with Gasteiger partial charge in [-0.25, -0.2) is 10.1 Å². The molecule has 0 radical (unpaired) electrons. The molecule has 0 bridgehead atoms. The predicted molar refractivity (Wildman–Crippen MR) is 146 cm³/mol. The van der Waals surface area contributed by atoms with Gasteiger partial charge in [0.2, 0.25) is 5.95 Å². The number of piperidine rings is 2. The quantitative estimate of drug-likeness (QED) is 0.397. The third-order valence-electron chi connectivity index (χ3n) is 7.77. The topological polar surface area (TPSA) is 130 Å². The van der Waals surface area contributed by atoms with Gasteiger partial charge >= 0.3 is 0 Å². The summed E-state index contributed by atoms with van der Waals surface area (Å²) in [6.45, 7) is 8.04. The van der Waals surface area contributed by atoms with Gasteiger partial charge in [-0.15, -0.1) is 0 Å². The summed E-state index contributed by atoms with van der Waals surface area (Å²) in [4.78, 5) is 26.6. The Morgan fingerprint density at radius 2 is 1.81 bits per heavy atom. The van der Waals surface area contributed by atoms with Gasteiger partial charge < -0.3 is 25.3 Å². The molecule has 0 amide bonds. The van der Waals surface area contributed by atoms with Gasteiger partial charge in [0.1, 0.15) is 16.7 Å². The highest BCUT2D eigenvalue weighted by molar-refractivity contribution is 5.90. The van der Waals surface area contributed by atoms with Crippen molar-refractivity contribution in [1.29, 1.82) is 0 Å². The summed E-state index contributed by atoms with van der Waals surface area (Å²) in [6.07, 6.45) is 5.88. The highest BCUT2D eigenvalue weighted by atomic mass is 16.3. The minimum atomic E-state index is -1.09. The Balaban J connectivity index is 1.34. The first-order chi connectivity index (χ1) is 17.7. The molecule has 2 saturated heterocycles. The Morgan fingerprint density at radius 1 is 1.08 bits per heavy atom. The Hall–Kier alpha value is -3.24. The molecule has 198 valence electrons. The van der Waals surface area contributed by atoms with Gasteiger partial charge in [0, 0.05) is 37.1 Å². The molecule has 2 aliphatic heterocycles. The van der Waals surface area contributed by atoms with E-state index in [1.165, 1.54) is 6.42 Å². The summed E-state index contributed by atoms with van der Waals surface area (Å²) < 4.78 is 0. The van der Waals surface area contributed by atoms with E-state index in [0.29, 0.717) is 28.7 Å². The summed E-state index contributed by atoms with van der Waals surface area (Å²) in [5, 5.41) is 30.8. The highest BCUT2D eigenvalue weighted by Gasteiger charge is 2.34. The first-order valence-electron chi connectivity index (χ1n) is 13.3. The zero-order valence-corrected chi connectivity index (χ0v) is 21.8. The lowest BCUT2D eigenvalue weighted by molar-refractivity contribution is -0.0810. The van der Waals surface area contributed by atoms with Gasteiger partial charge in [-0.1, -0.05) is 0 Å². The predicted octanol–water partition coefficient (Wildman–Crippen LogP) is 3.18. The largest absolute Gasteiger partial charge is 0.390 e. The summed E-state index contributed by atoms with van der Waals surface area (Å²) in [7, 11) is 0. The number of H-pyrrole nitrogens is 1. The number of hydrogen-bond donors (Lipinski definition) is 4. The van der Waals surface area contributed by atoms with Crippen LogP contribution in [0.25, 0.3) is 10.9 Å². The molecule has 0 spiro atoms. The van der Waals surface area contributed by atoms with Crippen LogP contribution in [0, 0.1) is 5.92 Å². The van der Waals surface area contributed by atoms with Crippen LogP contribution in [0.5, 0.6) is 0 Å². The molecule has 37 heavy (non-hydrogen) atoms. The van der Waals surface area contributed by atoms with Crippen molar-refractivity contribution in [2.45, 2.75) is 70.6 Å². The fourth-order valence-corrected chi connectivity index (χ4v) is 5.55. The Labute approximate surface area is 216 Å². The van der Waals surface area contributed by atoms with E-state index in [1.54, 1.807) is 20.0 Å². The molecule has 2 fully saturated rings. The van der Waals surface area contributed by atoms with Crippen molar-refractivity contribution in [3.05, 3.63) is 40.8 Å². The van der Waals surface area contributed by atoms with Crippen molar-refractivity contribution < 1.29 is 10.2 Å². The smallest absolute Gasteiger partial charge is 0.277 e. The minimum absolute atomic E-state index is 0.0904. The van der Waals surface area contributed by atoms with E-state index >= 15 is 0 Å². The van der Waals surface area contributed by atoms with E-state index in [9.17, 15) is 15.0 Å². The number of aromatic nitrogens is 4. The third kappa shape index (κ3) is 5.40. The molecule has 4 N–H and O–H groups in total. The second-order valence-corrected chi connectivity index (χ2v) is 11.0. The number of aliphatic hydroxyl groups is 2. The maximum Gasteiger partial charge on any atom is 0.277 e. The van der Waals surface area contributed by atoms with Gasteiger partial charge in [-0.05, 0) is 83.1 Å². The van der Waals surface area contributed by atoms with Crippen molar-refractivity contribution >= 4 is 34.0 Å². The van der Waals surface area contributed by atoms with Crippen LogP contribution >= 0.6 is 0 Å². The molecular formula is C27H37N7O3. The molecule has 2 aliphatic rings. The lowest BCUT2D eigenvalue weighted by Gasteiger charge is -2.39. The highest BCUT2D eigenvalue weighted by Crippen LogP contribution is 2.31. The van der Waals surface area contributed by atoms with Crippen LogP contribution in [0.15, 0.2) is 35.3 Å². The lowest BCUT2D eigenvalue weighted by Crippen LogP contribution is -2.46. The standard InChI is InChI=1S/C27H37N7O3/c1-17-6-4-5-13-34(17)26-30-21-16-28-32-25(36)22(21)24(31-26)29-19-7-9-20(10-8-19)33-14-11-18(12-15-33)23(35)27(2,3)37/h7-10,16-18,23,35,37H,4-6,11-15H2,1-3H3,(H,32,36)(H,29,30,31).